The van der Waals surface area contributed by atoms with Gasteiger partial charge in [-0.2, -0.15) is 0 Å². The van der Waals surface area contributed by atoms with Crippen LogP contribution in [-0.2, 0) is 16.1 Å². The fourth-order valence-electron chi connectivity index (χ4n) is 2.87. The number of ketones is 1. The lowest BCUT2D eigenvalue weighted by Crippen LogP contribution is -2.36. The van der Waals surface area contributed by atoms with Gasteiger partial charge in [0.15, 0.2) is 5.78 Å². The molecule has 0 spiro atoms. The molecule has 0 saturated carbocycles. The number of Topliss-reactive ketones (excluding diaryl/α,β-unsaturated/α-hetero) is 1. The monoisotopic (exact) mass is 317 g/mol. The Bertz CT molecular complexity index is 648. The Morgan fingerprint density at radius 3 is 2.65 bits per heavy atom. The maximum absolute atomic E-state index is 12.6. The third-order valence-corrected chi connectivity index (χ3v) is 3.96. The number of methoxy groups -OCH3 is 1. The van der Waals surface area contributed by atoms with Gasteiger partial charge in [-0.15, -0.1) is 0 Å². The van der Waals surface area contributed by atoms with E-state index in [9.17, 15) is 14.7 Å². The van der Waals surface area contributed by atoms with Crippen LogP contribution in [0.3, 0.4) is 0 Å². The van der Waals surface area contributed by atoms with Crippen molar-refractivity contribution < 1.29 is 19.4 Å². The van der Waals surface area contributed by atoms with Gasteiger partial charge >= 0.3 is 0 Å². The molecule has 1 heterocycles. The highest BCUT2D eigenvalue weighted by atomic mass is 16.5. The predicted octanol–water partition coefficient (Wildman–Crippen LogP) is 2.85. The van der Waals surface area contributed by atoms with Crippen molar-refractivity contribution in [3.63, 3.8) is 0 Å². The number of ether oxygens (including phenoxy) is 1. The average Bonchev–Trinajstić information content (AvgIpc) is 2.71. The molecule has 1 aromatic rings. The van der Waals surface area contributed by atoms with Crippen LogP contribution in [0.25, 0.3) is 0 Å². The summed E-state index contributed by atoms with van der Waals surface area (Å²) in [5.74, 6) is 0.101. The van der Waals surface area contributed by atoms with Crippen LogP contribution in [0, 0.1) is 5.92 Å². The number of nitrogens with zero attached hydrogens (tertiary/aromatic N) is 1. The summed E-state index contributed by atoms with van der Waals surface area (Å²) in [7, 11) is 1.59. The summed E-state index contributed by atoms with van der Waals surface area (Å²) in [4.78, 5) is 25.8. The maximum atomic E-state index is 12.6. The van der Waals surface area contributed by atoms with Crippen LogP contribution in [0.5, 0.6) is 5.75 Å². The normalized spacial score (nSPS) is 18.0. The number of benzene rings is 1. The van der Waals surface area contributed by atoms with Crippen molar-refractivity contribution in [3.05, 3.63) is 41.2 Å². The summed E-state index contributed by atoms with van der Waals surface area (Å²) in [6.45, 7) is 5.68. The molecule has 0 aromatic heterocycles. The van der Waals surface area contributed by atoms with Crippen molar-refractivity contribution in [3.8, 4) is 5.75 Å². The molecule has 0 radical (unpaired) electrons. The predicted molar refractivity (Wildman–Crippen MR) is 87.1 cm³/mol. The Morgan fingerprint density at radius 1 is 1.39 bits per heavy atom. The highest BCUT2D eigenvalue weighted by molar-refractivity contribution is 6.20. The summed E-state index contributed by atoms with van der Waals surface area (Å²) in [6.07, 6.45) is 0.609. The number of hydrogen-bond donors (Lipinski definition) is 1. The molecule has 1 atom stereocenters. The van der Waals surface area contributed by atoms with Gasteiger partial charge in [-0.05, 0) is 37.0 Å². The summed E-state index contributed by atoms with van der Waals surface area (Å²) in [5.41, 5.74) is 0.808. The smallest absolute Gasteiger partial charge is 0.261 e. The number of carbonyl (C=O) groups excluding carboxylic acids is 2. The molecule has 23 heavy (non-hydrogen) atoms. The van der Waals surface area contributed by atoms with Crippen LogP contribution in [0.4, 0.5) is 0 Å². The van der Waals surface area contributed by atoms with Crippen molar-refractivity contribution in [2.24, 2.45) is 5.92 Å². The molecule has 0 bridgehead atoms. The Hall–Kier alpha value is -2.30. The molecule has 1 N–H and O–H groups in total. The van der Waals surface area contributed by atoms with E-state index in [4.69, 9.17) is 4.74 Å². The second-order valence-corrected chi connectivity index (χ2v) is 6.25. The Kier molecular flexibility index (Phi) is 5.08. The number of rotatable bonds is 6. The quantitative estimate of drug-likeness (QED) is 0.819. The van der Waals surface area contributed by atoms with Crippen molar-refractivity contribution >= 4 is 11.7 Å². The molecule has 1 aliphatic rings. The summed E-state index contributed by atoms with van der Waals surface area (Å²) in [5, 5.41) is 10.4. The number of hydrogen-bond acceptors (Lipinski definition) is 4. The molecule has 1 amide bonds. The highest BCUT2D eigenvalue weighted by Gasteiger charge is 2.41. The zero-order valence-corrected chi connectivity index (χ0v) is 14.0. The molecule has 5 nitrogen and oxygen atoms in total. The molecule has 124 valence electrons. The molecule has 0 saturated heterocycles. The Balaban J connectivity index is 2.31. The van der Waals surface area contributed by atoms with Gasteiger partial charge in [0, 0.05) is 6.54 Å². The maximum Gasteiger partial charge on any atom is 0.261 e. The van der Waals surface area contributed by atoms with Crippen molar-refractivity contribution in [1.29, 1.82) is 0 Å². The SMILES string of the molecule is COc1cccc(CN2C(=O)C(C(C)=O)=C(O)[C@@H]2CC(C)C)c1. The highest BCUT2D eigenvalue weighted by Crippen LogP contribution is 2.31. The van der Waals surface area contributed by atoms with E-state index in [-0.39, 0.29) is 17.3 Å². The topological polar surface area (TPSA) is 66.8 Å². The van der Waals surface area contributed by atoms with Gasteiger partial charge in [-0.1, -0.05) is 26.0 Å². The van der Waals surface area contributed by atoms with E-state index in [0.29, 0.717) is 18.7 Å². The summed E-state index contributed by atoms with van der Waals surface area (Å²) in [6, 6.07) is 6.98. The Labute approximate surface area is 136 Å². The van der Waals surface area contributed by atoms with Crippen molar-refractivity contribution in [2.45, 2.75) is 39.8 Å². The van der Waals surface area contributed by atoms with Crippen LogP contribution in [0.1, 0.15) is 32.8 Å². The molecule has 1 aromatic carbocycles. The van der Waals surface area contributed by atoms with E-state index in [0.717, 1.165) is 5.56 Å². The molecule has 1 aliphatic heterocycles. The lowest BCUT2D eigenvalue weighted by Gasteiger charge is -2.27. The minimum Gasteiger partial charge on any atom is -0.509 e. The van der Waals surface area contributed by atoms with Crippen molar-refractivity contribution in [1.82, 2.24) is 4.90 Å². The molecule has 0 aliphatic carbocycles. The molecular formula is C18H23NO4. The first-order chi connectivity index (χ1) is 10.8. The zero-order valence-electron chi connectivity index (χ0n) is 14.0. The number of amides is 1. The second kappa shape index (κ2) is 6.86. The summed E-state index contributed by atoms with van der Waals surface area (Å²) < 4.78 is 5.20. The molecule has 5 heteroatoms. The fourth-order valence-corrected chi connectivity index (χ4v) is 2.87. The molecular weight excluding hydrogens is 294 g/mol. The summed E-state index contributed by atoms with van der Waals surface area (Å²) >= 11 is 0. The minimum absolute atomic E-state index is 0.0847. The first kappa shape index (κ1) is 17.1. The van der Waals surface area contributed by atoms with Gasteiger partial charge in [-0.25, -0.2) is 0 Å². The first-order valence-corrected chi connectivity index (χ1v) is 7.73. The standard InChI is InChI=1S/C18H23NO4/c1-11(2)8-15-17(21)16(12(3)20)18(22)19(15)10-13-6-5-7-14(9-13)23-4/h5-7,9,11,15,21H,8,10H2,1-4H3/t15-/m0/s1. The zero-order chi connectivity index (χ0) is 17.1. The first-order valence-electron chi connectivity index (χ1n) is 7.73. The average molecular weight is 317 g/mol. The molecule has 0 unspecified atom stereocenters. The minimum atomic E-state index is -0.451. The van der Waals surface area contributed by atoms with Crippen LogP contribution in [0.2, 0.25) is 0 Å². The van der Waals surface area contributed by atoms with Gasteiger partial charge in [0.25, 0.3) is 5.91 Å². The van der Waals surface area contributed by atoms with E-state index in [1.807, 2.05) is 38.1 Å². The van der Waals surface area contributed by atoms with Crippen molar-refractivity contribution in [2.75, 3.05) is 7.11 Å². The third kappa shape index (κ3) is 3.55. The lowest BCUT2D eigenvalue weighted by atomic mass is 10.0. The van der Waals surface area contributed by atoms with Crippen LogP contribution < -0.4 is 4.74 Å². The van der Waals surface area contributed by atoms with Gasteiger partial charge in [0.1, 0.15) is 17.1 Å². The molecule has 0 fully saturated rings. The third-order valence-electron chi connectivity index (χ3n) is 3.96. The Morgan fingerprint density at radius 2 is 2.09 bits per heavy atom. The van der Waals surface area contributed by atoms with Gasteiger partial charge in [-0.3, -0.25) is 9.59 Å². The van der Waals surface area contributed by atoms with Crippen LogP contribution >= 0.6 is 0 Å². The number of aliphatic hydroxyl groups is 1. The largest absolute Gasteiger partial charge is 0.509 e. The van der Waals surface area contributed by atoms with Gasteiger partial charge in [0.2, 0.25) is 0 Å². The van der Waals surface area contributed by atoms with Crippen LogP contribution in [-0.4, -0.2) is 34.8 Å². The van der Waals surface area contributed by atoms with E-state index >= 15 is 0 Å². The second-order valence-electron chi connectivity index (χ2n) is 6.25. The van der Waals surface area contributed by atoms with E-state index in [1.54, 1.807) is 12.0 Å². The fraction of sp³-hybridized carbons (Fsp3) is 0.444. The number of aliphatic hydroxyl groups excluding tert-OH is 1. The van der Waals surface area contributed by atoms with E-state index in [1.165, 1.54) is 6.92 Å². The molecule has 2 rings (SSSR count). The van der Waals surface area contributed by atoms with Crippen LogP contribution in [0.15, 0.2) is 35.6 Å². The number of carbonyl (C=O) groups is 2. The lowest BCUT2D eigenvalue weighted by molar-refractivity contribution is -0.129. The van der Waals surface area contributed by atoms with E-state index in [2.05, 4.69) is 0 Å². The van der Waals surface area contributed by atoms with Gasteiger partial charge < -0.3 is 14.7 Å². The van der Waals surface area contributed by atoms with Gasteiger partial charge in [0.05, 0.1) is 13.2 Å². The van der Waals surface area contributed by atoms with E-state index < -0.39 is 17.7 Å².